The highest BCUT2D eigenvalue weighted by Crippen LogP contribution is 2.39. The molecule has 0 aliphatic carbocycles. The lowest BCUT2D eigenvalue weighted by molar-refractivity contribution is -0.144. The van der Waals surface area contributed by atoms with E-state index < -0.39 is 72.1 Å². The fraction of sp³-hybridized carbons (Fsp3) is 0.250. The first kappa shape index (κ1) is 34.8. The number of hydrogen-bond donors (Lipinski definition) is 2. The quantitative estimate of drug-likeness (QED) is 0.174. The van der Waals surface area contributed by atoms with Gasteiger partial charge in [-0.05, 0) is 58.7 Å². The highest BCUT2D eigenvalue weighted by atomic mass is 19.4. The second kappa shape index (κ2) is 13.4. The van der Waals surface area contributed by atoms with E-state index in [1.807, 2.05) is 0 Å². The summed E-state index contributed by atoms with van der Waals surface area (Å²) in [7, 11) is 0. The van der Waals surface area contributed by atoms with Crippen molar-refractivity contribution in [3.8, 4) is 0 Å². The average Bonchev–Trinajstić information content (AvgIpc) is 2.97. The fourth-order valence-corrected chi connectivity index (χ4v) is 4.88. The zero-order valence-electron chi connectivity index (χ0n) is 23.3. The normalized spacial score (nSPS) is 14.3. The summed E-state index contributed by atoms with van der Waals surface area (Å²) in [5.74, 6) is 0. The van der Waals surface area contributed by atoms with Crippen molar-refractivity contribution >= 4 is 0 Å². The molecule has 2 N–H and O–H groups in total. The first-order valence-electron chi connectivity index (χ1n) is 13.5. The van der Waals surface area contributed by atoms with Crippen molar-refractivity contribution in [2.24, 2.45) is 0 Å². The lowest BCUT2D eigenvalue weighted by Gasteiger charge is -2.31. The summed E-state index contributed by atoms with van der Waals surface area (Å²) in [6, 6.07) is 16.5. The monoisotopic (exact) mass is 664 g/mol. The molecule has 0 aromatic heterocycles. The SMILES string of the molecule is FC(F)(F)c1cc(CN[C@H](c2ccccc2)[C@H](NCc2cc(C(F)(F)F)cc(C(F)(F)F)c2)c2ccccc2)cc(C(F)(F)F)c1. The molecule has 2 atom stereocenters. The molecule has 4 rings (SSSR count). The van der Waals surface area contributed by atoms with E-state index in [1.165, 1.54) is 0 Å². The average molecular weight is 665 g/mol. The van der Waals surface area contributed by atoms with E-state index in [4.69, 9.17) is 0 Å². The molecule has 4 aromatic rings. The van der Waals surface area contributed by atoms with E-state index in [9.17, 15) is 52.7 Å². The van der Waals surface area contributed by atoms with Gasteiger partial charge in [0.05, 0.1) is 34.3 Å². The maximum absolute atomic E-state index is 13.5. The number of rotatable bonds is 9. The van der Waals surface area contributed by atoms with Crippen LogP contribution in [-0.2, 0) is 37.8 Å². The Morgan fingerprint density at radius 3 is 0.891 bits per heavy atom. The van der Waals surface area contributed by atoms with Crippen LogP contribution in [0.15, 0.2) is 97.1 Å². The third-order valence-corrected chi connectivity index (χ3v) is 7.00. The Bertz CT molecular complexity index is 1410. The van der Waals surface area contributed by atoms with Crippen LogP contribution in [0.1, 0.15) is 56.6 Å². The summed E-state index contributed by atoms with van der Waals surface area (Å²) in [5.41, 5.74) is -5.82. The zero-order valence-corrected chi connectivity index (χ0v) is 23.3. The Hall–Kier alpha value is -4.04. The van der Waals surface area contributed by atoms with Gasteiger partial charge in [0.15, 0.2) is 0 Å². The molecule has 0 heterocycles. The third-order valence-electron chi connectivity index (χ3n) is 7.00. The van der Waals surface area contributed by atoms with E-state index in [0.29, 0.717) is 35.4 Å². The minimum Gasteiger partial charge on any atom is -0.304 e. The van der Waals surface area contributed by atoms with Crippen LogP contribution in [0.25, 0.3) is 0 Å². The Balaban J connectivity index is 1.74. The van der Waals surface area contributed by atoms with E-state index in [1.54, 1.807) is 60.7 Å². The minimum absolute atomic E-state index is 0.00320. The van der Waals surface area contributed by atoms with Gasteiger partial charge in [0.1, 0.15) is 0 Å². The third kappa shape index (κ3) is 9.03. The molecule has 246 valence electrons. The van der Waals surface area contributed by atoms with E-state index in [-0.39, 0.29) is 23.3 Å². The standard InChI is InChI=1S/C32H24F12N2/c33-29(34,35)23-11-19(12-24(15-23)30(36,37)38)17-45-27(21-7-3-1-4-8-21)28(22-9-5-2-6-10-22)46-18-20-13-25(31(39,40)41)16-26(14-20)32(42,43)44/h1-16,27-28,45-46H,17-18H2/t27-,28-/m1/s1. The largest absolute Gasteiger partial charge is 0.416 e. The lowest BCUT2D eigenvalue weighted by atomic mass is 9.92. The van der Waals surface area contributed by atoms with Gasteiger partial charge in [-0.3, -0.25) is 0 Å². The molecule has 4 aromatic carbocycles. The van der Waals surface area contributed by atoms with Crippen molar-refractivity contribution in [3.63, 3.8) is 0 Å². The molecular weight excluding hydrogens is 640 g/mol. The summed E-state index contributed by atoms with van der Waals surface area (Å²) in [5, 5.41) is 5.92. The second-order valence-electron chi connectivity index (χ2n) is 10.4. The summed E-state index contributed by atoms with van der Waals surface area (Å²) >= 11 is 0. The molecule has 0 saturated carbocycles. The van der Waals surface area contributed by atoms with Crippen LogP contribution in [0.5, 0.6) is 0 Å². The Morgan fingerprint density at radius 1 is 0.391 bits per heavy atom. The molecule has 0 aliphatic heterocycles. The van der Waals surface area contributed by atoms with Crippen LogP contribution in [0.2, 0.25) is 0 Å². The van der Waals surface area contributed by atoms with Crippen LogP contribution in [0.4, 0.5) is 52.7 Å². The van der Waals surface area contributed by atoms with E-state index in [0.717, 1.165) is 0 Å². The number of hydrogen-bond acceptors (Lipinski definition) is 2. The zero-order chi connectivity index (χ0) is 33.9. The van der Waals surface area contributed by atoms with Crippen molar-refractivity contribution in [3.05, 3.63) is 142 Å². The van der Waals surface area contributed by atoms with Crippen molar-refractivity contribution in [1.82, 2.24) is 10.6 Å². The van der Waals surface area contributed by atoms with Crippen LogP contribution < -0.4 is 10.6 Å². The van der Waals surface area contributed by atoms with Crippen LogP contribution in [0, 0.1) is 0 Å². The molecule has 0 bridgehead atoms. The number of halogens is 12. The van der Waals surface area contributed by atoms with Crippen LogP contribution in [-0.4, -0.2) is 0 Å². The summed E-state index contributed by atoms with van der Waals surface area (Å²) in [6.45, 7) is -1.03. The van der Waals surface area contributed by atoms with Crippen molar-refractivity contribution in [2.75, 3.05) is 0 Å². The highest BCUT2D eigenvalue weighted by Gasteiger charge is 2.38. The van der Waals surface area contributed by atoms with Gasteiger partial charge in [-0.1, -0.05) is 60.7 Å². The van der Waals surface area contributed by atoms with Crippen molar-refractivity contribution in [2.45, 2.75) is 49.9 Å². The maximum atomic E-state index is 13.5. The number of nitrogens with one attached hydrogen (secondary N) is 2. The summed E-state index contributed by atoms with van der Waals surface area (Å²) in [6.07, 6.45) is -20.3. The van der Waals surface area contributed by atoms with Gasteiger partial charge in [-0.15, -0.1) is 0 Å². The molecule has 0 aliphatic rings. The molecule has 0 saturated heterocycles. The minimum atomic E-state index is -5.08. The van der Waals surface area contributed by atoms with Crippen molar-refractivity contribution < 1.29 is 52.7 Å². The highest BCUT2D eigenvalue weighted by molar-refractivity contribution is 5.36. The van der Waals surface area contributed by atoms with Gasteiger partial charge in [0.25, 0.3) is 0 Å². The van der Waals surface area contributed by atoms with Crippen LogP contribution in [0.3, 0.4) is 0 Å². The first-order valence-corrected chi connectivity index (χ1v) is 13.5. The molecule has 2 nitrogen and oxygen atoms in total. The molecule has 0 amide bonds. The molecule has 0 spiro atoms. The van der Waals surface area contributed by atoms with Crippen molar-refractivity contribution in [1.29, 1.82) is 0 Å². The van der Waals surface area contributed by atoms with Gasteiger partial charge in [-0.25, -0.2) is 0 Å². The topological polar surface area (TPSA) is 24.1 Å². The smallest absolute Gasteiger partial charge is 0.304 e. The van der Waals surface area contributed by atoms with E-state index >= 15 is 0 Å². The van der Waals surface area contributed by atoms with E-state index in [2.05, 4.69) is 10.6 Å². The molecule has 46 heavy (non-hydrogen) atoms. The number of benzene rings is 4. The predicted molar refractivity (Wildman–Crippen MR) is 145 cm³/mol. The Morgan fingerprint density at radius 2 is 0.652 bits per heavy atom. The summed E-state index contributed by atoms with van der Waals surface area (Å²) < 4.78 is 162. The Labute approximate surface area is 255 Å². The van der Waals surface area contributed by atoms with Crippen LogP contribution >= 0.6 is 0 Å². The molecule has 0 radical (unpaired) electrons. The number of alkyl halides is 12. The van der Waals surface area contributed by atoms with Gasteiger partial charge >= 0.3 is 24.7 Å². The van der Waals surface area contributed by atoms with Gasteiger partial charge < -0.3 is 10.6 Å². The molecule has 14 heteroatoms. The predicted octanol–water partition coefficient (Wildman–Crippen LogP) is 10.1. The van der Waals surface area contributed by atoms with Gasteiger partial charge in [-0.2, -0.15) is 52.7 Å². The molecule has 0 unspecified atom stereocenters. The van der Waals surface area contributed by atoms with Gasteiger partial charge in [0, 0.05) is 13.1 Å². The second-order valence-corrected chi connectivity index (χ2v) is 10.4. The molecular formula is C32H24F12N2. The maximum Gasteiger partial charge on any atom is 0.416 e. The lowest BCUT2D eigenvalue weighted by Crippen LogP contribution is -2.35. The Kier molecular flexibility index (Phi) is 10.1. The van der Waals surface area contributed by atoms with Gasteiger partial charge in [0.2, 0.25) is 0 Å². The summed E-state index contributed by atoms with van der Waals surface area (Å²) in [4.78, 5) is 0. The fourth-order valence-electron chi connectivity index (χ4n) is 4.88. The first-order chi connectivity index (χ1) is 21.3. The molecule has 0 fully saturated rings.